The van der Waals surface area contributed by atoms with Crippen LogP contribution in [0, 0.1) is 12.3 Å². The van der Waals surface area contributed by atoms with Crippen LogP contribution in [-0.2, 0) is 10.3 Å². The summed E-state index contributed by atoms with van der Waals surface area (Å²) < 4.78 is 17.8. The number of terminal acetylenes is 1. The van der Waals surface area contributed by atoms with Crippen molar-refractivity contribution in [2.75, 3.05) is 6.61 Å². The van der Waals surface area contributed by atoms with E-state index < -0.39 is 11.6 Å². The zero-order chi connectivity index (χ0) is 20.0. The van der Waals surface area contributed by atoms with Gasteiger partial charge in [-0.15, -0.1) is 12.3 Å². The molecule has 1 N–H and O–H groups in total. The second kappa shape index (κ2) is 6.32. The SMILES string of the molecule is C#CCCOc1ccc2c(c1)Oc1cc(O)ccc1C21OC(=O)c2ccccc21. The Kier molecular flexibility index (Phi) is 3.75. The number of benzene rings is 3. The maximum Gasteiger partial charge on any atom is 0.340 e. The van der Waals surface area contributed by atoms with Gasteiger partial charge in [-0.2, -0.15) is 0 Å². The number of carbonyl (C=O) groups is 1. The molecule has 0 bridgehead atoms. The molecule has 5 heteroatoms. The van der Waals surface area contributed by atoms with Crippen LogP contribution in [0.4, 0.5) is 0 Å². The van der Waals surface area contributed by atoms with Crippen molar-refractivity contribution in [3.05, 3.63) is 82.9 Å². The van der Waals surface area contributed by atoms with Crippen molar-refractivity contribution >= 4 is 5.97 Å². The fraction of sp³-hybridized carbons (Fsp3) is 0.125. The van der Waals surface area contributed by atoms with E-state index in [1.807, 2.05) is 18.2 Å². The van der Waals surface area contributed by atoms with Crippen LogP contribution in [-0.4, -0.2) is 17.7 Å². The minimum atomic E-state index is -1.15. The summed E-state index contributed by atoms with van der Waals surface area (Å²) in [5, 5.41) is 9.98. The number of carbonyl (C=O) groups excluding carboxylic acids is 1. The summed E-state index contributed by atoms with van der Waals surface area (Å²) in [6.07, 6.45) is 5.77. The van der Waals surface area contributed by atoms with Crippen molar-refractivity contribution in [2.45, 2.75) is 12.0 Å². The Balaban J connectivity index is 1.73. The molecule has 0 fully saturated rings. The first-order valence-corrected chi connectivity index (χ1v) is 9.18. The van der Waals surface area contributed by atoms with Gasteiger partial charge in [0.2, 0.25) is 0 Å². The minimum Gasteiger partial charge on any atom is -0.508 e. The van der Waals surface area contributed by atoms with Crippen LogP contribution >= 0.6 is 0 Å². The van der Waals surface area contributed by atoms with Gasteiger partial charge in [0, 0.05) is 35.2 Å². The third-order valence-electron chi connectivity index (χ3n) is 5.18. The highest BCUT2D eigenvalue weighted by Crippen LogP contribution is 2.56. The summed E-state index contributed by atoms with van der Waals surface area (Å²) in [4.78, 5) is 12.7. The Bertz CT molecular complexity index is 1190. The van der Waals surface area contributed by atoms with Gasteiger partial charge in [-0.3, -0.25) is 0 Å². The highest BCUT2D eigenvalue weighted by Gasteiger charge is 2.53. The maximum absolute atomic E-state index is 12.7. The highest BCUT2D eigenvalue weighted by molar-refractivity contribution is 5.97. The van der Waals surface area contributed by atoms with Gasteiger partial charge in [-0.1, -0.05) is 18.2 Å². The van der Waals surface area contributed by atoms with Crippen LogP contribution < -0.4 is 9.47 Å². The number of esters is 1. The molecule has 2 aliphatic heterocycles. The second-order valence-corrected chi connectivity index (χ2v) is 6.86. The molecule has 5 rings (SSSR count). The number of aromatic hydroxyl groups is 1. The summed E-state index contributed by atoms with van der Waals surface area (Å²) in [5.41, 5.74) is 1.44. The Hall–Kier alpha value is -3.91. The Morgan fingerprint density at radius 3 is 2.59 bits per heavy atom. The average molecular weight is 384 g/mol. The first-order chi connectivity index (χ1) is 14.1. The lowest BCUT2D eigenvalue weighted by atomic mass is 9.77. The average Bonchev–Trinajstić information content (AvgIpc) is 3.01. The number of rotatable bonds is 3. The Morgan fingerprint density at radius 1 is 1.00 bits per heavy atom. The molecule has 2 heterocycles. The van der Waals surface area contributed by atoms with Crippen LogP contribution in [0.1, 0.15) is 33.5 Å². The van der Waals surface area contributed by atoms with Gasteiger partial charge in [0.05, 0.1) is 12.2 Å². The molecule has 0 saturated heterocycles. The second-order valence-electron chi connectivity index (χ2n) is 6.86. The number of hydrogen-bond acceptors (Lipinski definition) is 5. The van der Waals surface area contributed by atoms with Crippen molar-refractivity contribution in [2.24, 2.45) is 0 Å². The van der Waals surface area contributed by atoms with Gasteiger partial charge < -0.3 is 19.3 Å². The van der Waals surface area contributed by atoms with Gasteiger partial charge in [0.25, 0.3) is 0 Å². The van der Waals surface area contributed by atoms with Crippen LogP contribution in [0.25, 0.3) is 0 Å². The van der Waals surface area contributed by atoms with E-state index in [2.05, 4.69) is 5.92 Å². The monoisotopic (exact) mass is 384 g/mol. The van der Waals surface area contributed by atoms with E-state index in [1.165, 1.54) is 6.07 Å². The predicted octanol–water partition coefficient (Wildman–Crippen LogP) is 4.36. The zero-order valence-corrected chi connectivity index (χ0v) is 15.3. The van der Waals surface area contributed by atoms with Gasteiger partial charge in [-0.05, 0) is 30.3 Å². The van der Waals surface area contributed by atoms with E-state index in [1.54, 1.807) is 36.4 Å². The molecule has 2 aliphatic rings. The van der Waals surface area contributed by atoms with Gasteiger partial charge >= 0.3 is 5.97 Å². The smallest absolute Gasteiger partial charge is 0.340 e. The topological polar surface area (TPSA) is 65.0 Å². The van der Waals surface area contributed by atoms with Crippen molar-refractivity contribution in [1.82, 2.24) is 0 Å². The molecule has 0 radical (unpaired) electrons. The van der Waals surface area contributed by atoms with E-state index in [0.717, 1.165) is 5.56 Å². The molecule has 3 aromatic rings. The molecule has 3 aromatic carbocycles. The zero-order valence-electron chi connectivity index (χ0n) is 15.3. The standard InChI is InChI=1S/C24H16O5/c1-2-3-12-27-16-9-11-20-22(14-16)28-21-13-15(25)8-10-19(21)24(20)18-7-5-4-6-17(18)23(26)29-24/h1,4-11,13-14,25H,3,12H2. The molecule has 0 amide bonds. The van der Waals surface area contributed by atoms with E-state index in [-0.39, 0.29) is 5.75 Å². The third-order valence-corrected chi connectivity index (χ3v) is 5.18. The van der Waals surface area contributed by atoms with Gasteiger partial charge in [0.1, 0.15) is 23.0 Å². The number of hydrogen-bond donors (Lipinski definition) is 1. The van der Waals surface area contributed by atoms with E-state index >= 15 is 0 Å². The van der Waals surface area contributed by atoms with E-state index in [4.69, 9.17) is 20.6 Å². The van der Waals surface area contributed by atoms with Crippen molar-refractivity contribution < 1.29 is 24.1 Å². The van der Waals surface area contributed by atoms with Crippen molar-refractivity contribution in [3.8, 4) is 35.3 Å². The minimum absolute atomic E-state index is 0.0568. The lowest BCUT2D eigenvalue weighted by molar-refractivity contribution is 0.0224. The molecule has 0 aromatic heterocycles. The largest absolute Gasteiger partial charge is 0.508 e. The molecular formula is C24H16O5. The Morgan fingerprint density at radius 2 is 1.76 bits per heavy atom. The number of ether oxygens (including phenoxy) is 3. The van der Waals surface area contributed by atoms with Crippen molar-refractivity contribution in [1.29, 1.82) is 0 Å². The quantitative estimate of drug-likeness (QED) is 0.413. The molecule has 5 nitrogen and oxygen atoms in total. The van der Waals surface area contributed by atoms with Gasteiger partial charge in [-0.25, -0.2) is 4.79 Å². The Labute approximate surface area is 167 Å². The van der Waals surface area contributed by atoms with Crippen molar-refractivity contribution in [3.63, 3.8) is 0 Å². The predicted molar refractivity (Wildman–Crippen MR) is 105 cm³/mol. The number of phenols is 1. The van der Waals surface area contributed by atoms with Crippen LogP contribution in [0.15, 0.2) is 60.7 Å². The number of phenolic OH excluding ortho intramolecular Hbond substituents is 1. The van der Waals surface area contributed by atoms with Gasteiger partial charge in [0.15, 0.2) is 5.60 Å². The molecule has 29 heavy (non-hydrogen) atoms. The fourth-order valence-electron chi connectivity index (χ4n) is 3.96. The summed E-state index contributed by atoms with van der Waals surface area (Å²) >= 11 is 0. The number of fused-ring (bicyclic) bond motifs is 6. The summed E-state index contributed by atoms with van der Waals surface area (Å²) in [6.45, 7) is 0.385. The fourth-order valence-corrected chi connectivity index (χ4v) is 3.96. The highest BCUT2D eigenvalue weighted by atomic mass is 16.6. The third kappa shape index (κ3) is 2.46. The first kappa shape index (κ1) is 17.2. The molecular weight excluding hydrogens is 368 g/mol. The van der Waals surface area contributed by atoms with E-state index in [0.29, 0.717) is 47.0 Å². The molecule has 0 saturated carbocycles. The summed E-state index contributed by atoms with van der Waals surface area (Å²) in [5.74, 6) is 3.69. The van der Waals surface area contributed by atoms with Crippen LogP contribution in [0.5, 0.6) is 23.0 Å². The molecule has 1 spiro atoms. The summed E-state index contributed by atoms with van der Waals surface area (Å²) in [7, 11) is 0. The van der Waals surface area contributed by atoms with E-state index in [9.17, 15) is 9.90 Å². The maximum atomic E-state index is 12.7. The first-order valence-electron chi connectivity index (χ1n) is 9.18. The molecule has 1 unspecified atom stereocenters. The summed E-state index contributed by atoms with van der Waals surface area (Å²) in [6, 6.07) is 17.5. The lowest BCUT2D eigenvalue weighted by Gasteiger charge is -2.36. The molecule has 0 aliphatic carbocycles. The van der Waals surface area contributed by atoms with Crippen LogP contribution in [0.2, 0.25) is 0 Å². The lowest BCUT2D eigenvalue weighted by Crippen LogP contribution is -2.32. The normalized spacial score (nSPS) is 18.1. The van der Waals surface area contributed by atoms with Crippen LogP contribution in [0.3, 0.4) is 0 Å². The molecule has 142 valence electrons. The molecule has 1 atom stereocenters.